The molecule has 0 aliphatic heterocycles. The molecular formula is C23H21F2N5O2. The zero-order valence-corrected chi connectivity index (χ0v) is 17.8. The van der Waals surface area contributed by atoms with Crippen LogP contribution in [0.5, 0.6) is 0 Å². The van der Waals surface area contributed by atoms with Gasteiger partial charge in [0.25, 0.3) is 0 Å². The number of aromatic nitrogens is 4. The van der Waals surface area contributed by atoms with Crippen LogP contribution < -0.4 is 0 Å². The predicted octanol–water partition coefficient (Wildman–Crippen LogP) is 4.51. The van der Waals surface area contributed by atoms with Gasteiger partial charge >= 0.3 is 5.97 Å². The number of aromatic amines is 1. The molecule has 0 spiro atoms. The lowest BCUT2D eigenvalue weighted by Gasteiger charge is -2.26. The van der Waals surface area contributed by atoms with E-state index in [2.05, 4.69) is 21.3 Å². The monoisotopic (exact) mass is 437 g/mol. The van der Waals surface area contributed by atoms with Crippen molar-refractivity contribution in [2.24, 2.45) is 0 Å². The molecule has 9 heteroatoms. The van der Waals surface area contributed by atoms with Crippen LogP contribution in [0.4, 0.5) is 8.78 Å². The Labute approximate surface area is 182 Å². The SMILES string of the molecule is Cc1cc(-n2c(C(C)(C)CC#N)c(C[C@@H](F)C(=O)O)c3nc4[nH]ncc4cc32)ccc1F. The Hall–Kier alpha value is -3.80. The van der Waals surface area contributed by atoms with Crippen molar-refractivity contribution >= 4 is 28.0 Å². The normalized spacial score (nSPS) is 12.9. The Kier molecular flexibility index (Phi) is 5.17. The molecule has 0 aliphatic carbocycles. The summed E-state index contributed by atoms with van der Waals surface area (Å²) in [6.45, 7) is 5.31. The van der Waals surface area contributed by atoms with Crippen LogP contribution in [-0.2, 0) is 16.6 Å². The second kappa shape index (κ2) is 7.71. The van der Waals surface area contributed by atoms with Gasteiger partial charge < -0.3 is 9.67 Å². The van der Waals surface area contributed by atoms with E-state index in [-0.39, 0.29) is 12.2 Å². The fourth-order valence-electron chi connectivity index (χ4n) is 4.12. The topological polar surface area (TPSA) is 108 Å². The Morgan fingerprint density at radius 3 is 2.78 bits per heavy atom. The molecule has 0 aliphatic rings. The fraction of sp³-hybridized carbons (Fsp3) is 0.304. The lowest BCUT2D eigenvalue weighted by Crippen LogP contribution is -2.25. The largest absolute Gasteiger partial charge is 0.479 e. The summed E-state index contributed by atoms with van der Waals surface area (Å²) in [4.78, 5) is 16.0. The average molecular weight is 437 g/mol. The van der Waals surface area contributed by atoms with Crippen LogP contribution in [-0.4, -0.2) is 37.0 Å². The van der Waals surface area contributed by atoms with Gasteiger partial charge in [-0.25, -0.2) is 18.6 Å². The highest BCUT2D eigenvalue weighted by Crippen LogP contribution is 2.40. The number of H-pyrrole nitrogens is 1. The van der Waals surface area contributed by atoms with Crippen molar-refractivity contribution in [2.45, 2.75) is 45.2 Å². The molecule has 0 unspecified atom stereocenters. The number of fused-ring (bicyclic) bond motifs is 2. The van der Waals surface area contributed by atoms with E-state index in [9.17, 15) is 23.9 Å². The van der Waals surface area contributed by atoms with E-state index in [1.54, 1.807) is 25.3 Å². The molecule has 164 valence electrons. The molecule has 7 nitrogen and oxygen atoms in total. The van der Waals surface area contributed by atoms with Gasteiger partial charge in [0.05, 0.1) is 23.3 Å². The number of benzene rings is 1. The van der Waals surface area contributed by atoms with Crippen molar-refractivity contribution in [3.63, 3.8) is 0 Å². The van der Waals surface area contributed by atoms with E-state index >= 15 is 0 Å². The van der Waals surface area contributed by atoms with Gasteiger partial charge in [-0.1, -0.05) is 13.8 Å². The van der Waals surface area contributed by atoms with Crippen LogP contribution >= 0.6 is 0 Å². The molecule has 4 rings (SSSR count). The first kappa shape index (κ1) is 21.4. The molecule has 3 heterocycles. The minimum atomic E-state index is -2.15. The molecule has 1 atom stereocenters. The summed E-state index contributed by atoms with van der Waals surface area (Å²) in [6, 6.07) is 8.59. The third-order valence-electron chi connectivity index (χ3n) is 5.66. The predicted molar refractivity (Wildman–Crippen MR) is 115 cm³/mol. The van der Waals surface area contributed by atoms with Crippen molar-refractivity contribution in [3.8, 4) is 11.8 Å². The van der Waals surface area contributed by atoms with E-state index in [1.165, 1.54) is 6.07 Å². The molecule has 0 bridgehead atoms. The van der Waals surface area contributed by atoms with Gasteiger partial charge in [0, 0.05) is 40.6 Å². The van der Waals surface area contributed by atoms with E-state index < -0.39 is 24.0 Å². The van der Waals surface area contributed by atoms with Crippen LogP contribution in [0.15, 0.2) is 30.5 Å². The maximum Gasteiger partial charge on any atom is 0.338 e. The number of alkyl halides is 1. The Balaban J connectivity index is 2.16. The third kappa shape index (κ3) is 3.47. The van der Waals surface area contributed by atoms with Crippen LogP contribution in [0.3, 0.4) is 0 Å². The quantitative estimate of drug-likeness (QED) is 0.462. The second-order valence-electron chi connectivity index (χ2n) is 8.49. The number of nitrogens with one attached hydrogen (secondary N) is 1. The Bertz CT molecular complexity index is 1400. The first-order valence-electron chi connectivity index (χ1n) is 10.0. The number of nitrogens with zero attached hydrogens (tertiary/aromatic N) is 4. The fourth-order valence-corrected chi connectivity index (χ4v) is 4.12. The number of pyridine rings is 1. The van der Waals surface area contributed by atoms with Gasteiger partial charge in [0.2, 0.25) is 6.17 Å². The summed E-state index contributed by atoms with van der Waals surface area (Å²) in [7, 11) is 0. The van der Waals surface area contributed by atoms with Gasteiger partial charge in [-0.15, -0.1) is 0 Å². The molecule has 0 fully saturated rings. The molecule has 0 saturated carbocycles. The number of aliphatic carboxylic acids is 1. The standard InChI is InChI=1S/C23H21F2N5O2/c1-12-8-14(4-5-16(12)24)30-18-9-13-11-27-29-21(13)28-19(18)15(10-17(25)22(31)32)20(30)23(2,3)6-7-26/h4-5,8-9,11,17H,6,10H2,1-3H3,(H,31,32)(H,27,28,29)/t17-/m1/s1. The van der Waals surface area contributed by atoms with Crippen molar-refractivity contribution in [1.29, 1.82) is 5.26 Å². The summed E-state index contributed by atoms with van der Waals surface area (Å²) in [5, 5.41) is 26.2. The lowest BCUT2D eigenvalue weighted by molar-refractivity contribution is -0.142. The highest BCUT2D eigenvalue weighted by atomic mass is 19.1. The zero-order valence-electron chi connectivity index (χ0n) is 17.8. The number of halogens is 2. The molecule has 2 N–H and O–H groups in total. The highest BCUT2D eigenvalue weighted by molar-refractivity contribution is 5.94. The van der Waals surface area contributed by atoms with Crippen molar-refractivity contribution < 1.29 is 18.7 Å². The maximum absolute atomic E-state index is 14.5. The summed E-state index contributed by atoms with van der Waals surface area (Å²) >= 11 is 0. The van der Waals surface area contributed by atoms with Gasteiger partial charge in [-0.2, -0.15) is 10.4 Å². The number of carbonyl (C=O) groups is 1. The van der Waals surface area contributed by atoms with E-state index in [1.807, 2.05) is 24.5 Å². The van der Waals surface area contributed by atoms with Crippen molar-refractivity contribution in [1.82, 2.24) is 19.7 Å². The summed E-state index contributed by atoms with van der Waals surface area (Å²) in [5.41, 5.74) is 2.69. The Morgan fingerprint density at radius 2 is 2.12 bits per heavy atom. The Morgan fingerprint density at radius 1 is 1.38 bits per heavy atom. The maximum atomic E-state index is 14.5. The molecule has 1 aromatic carbocycles. The van der Waals surface area contributed by atoms with Gasteiger partial charge in [0.15, 0.2) is 5.65 Å². The second-order valence-corrected chi connectivity index (χ2v) is 8.49. The van der Waals surface area contributed by atoms with Crippen LogP contribution in [0.25, 0.3) is 27.8 Å². The first-order chi connectivity index (χ1) is 15.1. The minimum Gasteiger partial charge on any atom is -0.479 e. The van der Waals surface area contributed by atoms with Crippen LogP contribution in [0.2, 0.25) is 0 Å². The van der Waals surface area contributed by atoms with Crippen molar-refractivity contribution in [2.75, 3.05) is 0 Å². The minimum absolute atomic E-state index is 0.0972. The molecule has 0 saturated heterocycles. The van der Waals surface area contributed by atoms with Gasteiger partial charge in [0.1, 0.15) is 5.82 Å². The number of hydrogen-bond donors (Lipinski definition) is 2. The van der Waals surface area contributed by atoms with E-state index in [4.69, 9.17) is 0 Å². The number of carboxylic acids is 1. The van der Waals surface area contributed by atoms with Crippen LogP contribution in [0, 0.1) is 24.1 Å². The summed E-state index contributed by atoms with van der Waals surface area (Å²) in [5.74, 6) is -1.94. The smallest absolute Gasteiger partial charge is 0.338 e. The number of aryl methyl sites for hydroxylation is 1. The lowest BCUT2D eigenvalue weighted by atomic mass is 9.82. The molecular weight excluding hydrogens is 416 g/mol. The number of rotatable bonds is 6. The number of carboxylic acid groups (broad SMARTS) is 1. The van der Waals surface area contributed by atoms with E-state index in [0.717, 1.165) is 0 Å². The molecule has 32 heavy (non-hydrogen) atoms. The third-order valence-corrected chi connectivity index (χ3v) is 5.66. The summed E-state index contributed by atoms with van der Waals surface area (Å²) < 4.78 is 30.4. The van der Waals surface area contributed by atoms with Gasteiger partial charge in [-0.3, -0.25) is 5.10 Å². The average Bonchev–Trinajstić information content (AvgIpc) is 3.30. The molecule has 0 amide bonds. The van der Waals surface area contributed by atoms with E-state index in [0.29, 0.717) is 44.6 Å². The van der Waals surface area contributed by atoms with Crippen LogP contribution in [0.1, 0.15) is 37.1 Å². The molecule has 0 radical (unpaired) electrons. The number of hydrogen-bond acceptors (Lipinski definition) is 4. The highest BCUT2D eigenvalue weighted by Gasteiger charge is 2.34. The first-order valence-corrected chi connectivity index (χ1v) is 10.0. The number of nitriles is 1. The van der Waals surface area contributed by atoms with Crippen molar-refractivity contribution in [3.05, 3.63) is 53.1 Å². The molecule has 4 aromatic rings. The zero-order chi connectivity index (χ0) is 23.2. The summed E-state index contributed by atoms with van der Waals surface area (Å²) in [6.07, 6.45) is -0.875. The molecule has 3 aromatic heterocycles. The van der Waals surface area contributed by atoms with Gasteiger partial charge in [-0.05, 0) is 36.8 Å².